The predicted octanol–water partition coefficient (Wildman–Crippen LogP) is 2.79. The van der Waals surface area contributed by atoms with E-state index >= 15 is 0 Å². The van der Waals surface area contributed by atoms with E-state index in [-0.39, 0.29) is 0 Å². The van der Waals surface area contributed by atoms with E-state index in [1.54, 1.807) is 0 Å². The van der Waals surface area contributed by atoms with Crippen LogP contribution in [-0.4, -0.2) is 18.1 Å². The predicted molar refractivity (Wildman–Crippen MR) is 72.9 cm³/mol. The van der Waals surface area contributed by atoms with Crippen LogP contribution < -0.4 is 5.32 Å². The van der Waals surface area contributed by atoms with Gasteiger partial charge in [0.1, 0.15) is 0 Å². The lowest BCUT2D eigenvalue weighted by molar-refractivity contribution is 0.447. The van der Waals surface area contributed by atoms with Gasteiger partial charge in [-0.05, 0) is 48.4 Å². The number of nitriles is 1. The fourth-order valence-corrected chi connectivity index (χ4v) is 3.35. The monoisotopic (exact) mass is 246 g/mol. The van der Waals surface area contributed by atoms with Crippen molar-refractivity contribution in [2.45, 2.75) is 19.4 Å². The lowest BCUT2D eigenvalue weighted by Crippen LogP contribution is -2.25. The topological polar surface area (TPSA) is 35.8 Å². The molecule has 0 amide bonds. The fourth-order valence-electron chi connectivity index (χ4n) is 2.15. The molecule has 90 valence electrons. The van der Waals surface area contributed by atoms with Crippen molar-refractivity contribution < 1.29 is 0 Å². The highest BCUT2D eigenvalue weighted by atomic mass is 32.2. The van der Waals surface area contributed by atoms with Crippen LogP contribution in [0.1, 0.15) is 24.0 Å². The van der Waals surface area contributed by atoms with E-state index in [0.717, 1.165) is 30.1 Å². The summed E-state index contributed by atoms with van der Waals surface area (Å²) in [7, 11) is 0. The van der Waals surface area contributed by atoms with Gasteiger partial charge in [0.05, 0.1) is 11.6 Å². The maximum atomic E-state index is 8.99. The molecule has 2 nitrogen and oxygen atoms in total. The molecular weight excluding hydrogens is 228 g/mol. The summed E-state index contributed by atoms with van der Waals surface area (Å²) >= 11 is 2.06. The molecule has 1 aliphatic rings. The van der Waals surface area contributed by atoms with Crippen molar-refractivity contribution in [3.63, 3.8) is 0 Å². The molecular formula is C14H18N2S. The van der Waals surface area contributed by atoms with E-state index in [2.05, 4.69) is 23.1 Å². The molecule has 1 fully saturated rings. The minimum absolute atomic E-state index is 0.791. The van der Waals surface area contributed by atoms with E-state index in [0.29, 0.717) is 0 Å². The number of nitrogens with zero attached hydrogens (tertiary/aromatic N) is 1. The number of thioether (sulfide) groups is 1. The Morgan fingerprint density at radius 1 is 1.29 bits per heavy atom. The number of rotatable bonds is 4. The largest absolute Gasteiger partial charge is 0.312 e. The standard InChI is InChI=1S/C14H18N2S/c15-9-13-3-1-2-4-14(13)11-16-10-12-5-7-17-8-6-12/h1-4,12,16H,5-8,10-11H2. The van der Waals surface area contributed by atoms with Gasteiger partial charge in [0.2, 0.25) is 0 Å². The number of hydrogen-bond acceptors (Lipinski definition) is 3. The second kappa shape index (κ2) is 6.68. The quantitative estimate of drug-likeness (QED) is 0.887. The Bertz CT molecular complexity index is 391. The van der Waals surface area contributed by atoms with Crippen molar-refractivity contribution in [2.75, 3.05) is 18.1 Å². The molecule has 0 aromatic heterocycles. The first-order valence-corrected chi connectivity index (χ1v) is 7.32. The third kappa shape index (κ3) is 3.76. The van der Waals surface area contributed by atoms with Gasteiger partial charge in [-0.2, -0.15) is 17.0 Å². The Morgan fingerprint density at radius 3 is 2.82 bits per heavy atom. The zero-order valence-electron chi connectivity index (χ0n) is 9.98. The molecule has 0 radical (unpaired) electrons. The molecule has 1 aromatic carbocycles. The van der Waals surface area contributed by atoms with Gasteiger partial charge in [0.15, 0.2) is 0 Å². The molecule has 0 atom stereocenters. The first kappa shape index (κ1) is 12.5. The smallest absolute Gasteiger partial charge is 0.0995 e. The summed E-state index contributed by atoms with van der Waals surface area (Å²) in [6, 6.07) is 10.1. The number of nitrogens with one attached hydrogen (secondary N) is 1. The molecule has 0 saturated carbocycles. The summed E-state index contributed by atoms with van der Waals surface area (Å²) < 4.78 is 0. The Morgan fingerprint density at radius 2 is 2.06 bits per heavy atom. The van der Waals surface area contributed by atoms with Crippen molar-refractivity contribution in [3.05, 3.63) is 35.4 Å². The molecule has 1 aromatic rings. The fraction of sp³-hybridized carbons (Fsp3) is 0.500. The van der Waals surface area contributed by atoms with Crippen molar-refractivity contribution in [2.24, 2.45) is 5.92 Å². The van der Waals surface area contributed by atoms with Crippen molar-refractivity contribution in [1.29, 1.82) is 5.26 Å². The van der Waals surface area contributed by atoms with Crippen LogP contribution in [0, 0.1) is 17.2 Å². The zero-order valence-corrected chi connectivity index (χ0v) is 10.8. The van der Waals surface area contributed by atoms with Gasteiger partial charge in [-0.3, -0.25) is 0 Å². The SMILES string of the molecule is N#Cc1ccccc1CNCC1CCSCC1. The molecule has 3 heteroatoms. The van der Waals surface area contributed by atoms with Crippen molar-refractivity contribution >= 4 is 11.8 Å². The van der Waals surface area contributed by atoms with Gasteiger partial charge >= 0.3 is 0 Å². The van der Waals surface area contributed by atoms with Gasteiger partial charge in [-0.15, -0.1) is 0 Å². The van der Waals surface area contributed by atoms with Gasteiger partial charge in [-0.25, -0.2) is 0 Å². The summed E-state index contributed by atoms with van der Waals surface area (Å²) in [6.07, 6.45) is 2.66. The summed E-state index contributed by atoms with van der Waals surface area (Å²) in [4.78, 5) is 0. The second-order valence-electron chi connectivity index (χ2n) is 4.46. The third-order valence-corrected chi connectivity index (χ3v) is 4.28. The molecule has 17 heavy (non-hydrogen) atoms. The minimum Gasteiger partial charge on any atom is -0.312 e. The van der Waals surface area contributed by atoms with Crippen molar-refractivity contribution in [3.8, 4) is 6.07 Å². The maximum absolute atomic E-state index is 8.99. The summed E-state index contributed by atoms with van der Waals surface area (Å²) in [5.41, 5.74) is 1.90. The van der Waals surface area contributed by atoms with Crippen LogP contribution >= 0.6 is 11.8 Å². The van der Waals surface area contributed by atoms with Gasteiger partial charge in [0.25, 0.3) is 0 Å². The van der Waals surface area contributed by atoms with E-state index in [4.69, 9.17) is 5.26 Å². The van der Waals surface area contributed by atoms with E-state index in [1.165, 1.54) is 24.3 Å². The Balaban J connectivity index is 1.79. The molecule has 0 spiro atoms. The lowest BCUT2D eigenvalue weighted by Gasteiger charge is -2.21. The highest BCUT2D eigenvalue weighted by Crippen LogP contribution is 2.22. The van der Waals surface area contributed by atoms with Crippen LogP contribution in [-0.2, 0) is 6.54 Å². The molecule has 1 aliphatic heterocycles. The Hall–Kier alpha value is -0.980. The van der Waals surface area contributed by atoms with Crippen LogP contribution in [0.4, 0.5) is 0 Å². The highest BCUT2D eigenvalue weighted by molar-refractivity contribution is 7.99. The summed E-state index contributed by atoms with van der Waals surface area (Å²) in [6.45, 7) is 1.90. The van der Waals surface area contributed by atoms with Crippen LogP contribution in [0.3, 0.4) is 0 Å². The Labute approximate surface area is 107 Å². The first-order valence-electron chi connectivity index (χ1n) is 6.16. The van der Waals surface area contributed by atoms with Gasteiger partial charge < -0.3 is 5.32 Å². The molecule has 1 heterocycles. The molecule has 1 saturated heterocycles. The molecule has 0 bridgehead atoms. The van der Waals surface area contributed by atoms with Gasteiger partial charge in [-0.1, -0.05) is 18.2 Å². The summed E-state index contributed by atoms with van der Waals surface area (Å²) in [5.74, 6) is 3.44. The normalized spacial score (nSPS) is 16.6. The average molecular weight is 246 g/mol. The third-order valence-electron chi connectivity index (χ3n) is 3.23. The summed E-state index contributed by atoms with van der Waals surface area (Å²) in [5, 5.41) is 12.5. The Kier molecular flexibility index (Phi) is 4.90. The minimum atomic E-state index is 0.791. The molecule has 1 N–H and O–H groups in total. The van der Waals surface area contributed by atoms with E-state index < -0.39 is 0 Å². The zero-order chi connectivity index (χ0) is 11.9. The molecule has 0 unspecified atom stereocenters. The first-order chi connectivity index (χ1) is 8.40. The second-order valence-corrected chi connectivity index (χ2v) is 5.68. The average Bonchev–Trinajstić information content (AvgIpc) is 2.40. The maximum Gasteiger partial charge on any atom is 0.0995 e. The van der Waals surface area contributed by atoms with E-state index in [1.807, 2.05) is 24.3 Å². The van der Waals surface area contributed by atoms with Crippen LogP contribution in [0.5, 0.6) is 0 Å². The van der Waals surface area contributed by atoms with Crippen LogP contribution in [0.2, 0.25) is 0 Å². The number of hydrogen-bond donors (Lipinski definition) is 1. The molecule has 0 aliphatic carbocycles. The van der Waals surface area contributed by atoms with Crippen LogP contribution in [0.15, 0.2) is 24.3 Å². The van der Waals surface area contributed by atoms with Gasteiger partial charge in [0, 0.05) is 6.54 Å². The highest BCUT2D eigenvalue weighted by Gasteiger charge is 2.13. The van der Waals surface area contributed by atoms with Crippen molar-refractivity contribution in [1.82, 2.24) is 5.32 Å². The van der Waals surface area contributed by atoms with Crippen LogP contribution in [0.25, 0.3) is 0 Å². The van der Waals surface area contributed by atoms with E-state index in [9.17, 15) is 0 Å². The number of benzene rings is 1. The molecule has 2 rings (SSSR count). The lowest BCUT2D eigenvalue weighted by atomic mass is 10.0.